The molecule has 0 N–H and O–H groups in total. The van der Waals surface area contributed by atoms with E-state index < -0.39 is 0 Å². The summed E-state index contributed by atoms with van der Waals surface area (Å²) in [5.74, 6) is 1.87. The molecule has 0 bridgehead atoms. The summed E-state index contributed by atoms with van der Waals surface area (Å²) in [5, 5.41) is 0. The van der Waals surface area contributed by atoms with Crippen LogP contribution in [0, 0.1) is 36.5 Å². The second kappa shape index (κ2) is 9.98. The fourth-order valence-corrected chi connectivity index (χ4v) is 5.04. The Labute approximate surface area is 186 Å². The molecular weight excluding hydrogens is 416 g/mol. The Hall–Kier alpha value is 1.01. The summed E-state index contributed by atoms with van der Waals surface area (Å²) in [5.41, 5.74) is -0.107. The van der Waals surface area contributed by atoms with Gasteiger partial charge in [0, 0.05) is 23.3 Å². The quantitative estimate of drug-likeness (QED) is 0.376. The van der Waals surface area contributed by atoms with Gasteiger partial charge >= 0.3 is 21.7 Å². The predicted molar refractivity (Wildman–Crippen MR) is 83.3 cm³/mol. The van der Waals surface area contributed by atoms with E-state index in [4.69, 9.17) is 4.74 Å². The average Bonchev–Trinajstić information content (AvgIpc) is 2.61. The molecular formula is C18H30Cl3NO2Ti. The number of hydrogen-bond acceptors (Lipinski definition) is 2. The van der Waals surface area contributed by atoms with Crippen molar-refractivity contribution in [2.24, 2.45) is 29.6 Å². The zero-order valence-corrected chi connectivity index (χ0v) is 19.6. The molecule has 3 nitrogen and oxygen atoms in total. The molecule has 0 aromatic carbocycles. The fraction of sp³-hybridized carbons (Fsp3) is 0.889. The zero-order valence-electron chi connectivity index (χ0n) is 15.8. The smallest absolute Gasteiger partial charge is 1.00 e. The summed E-state index contributed by atoms with van der Waals surface area (Å²) < 4.78 is 6.50. The minimum Gasteiger partial charge on any atom is -1.00 e. The first kappa shape index (κ1) is 28.2. The van der Waals surface area contributed by atoms with Crippen molar-refractivity contribution in [2.45, 2.75) is 71.8 Å². The topological polar surface area (TPSA) is 29.5 Å². The number of rotatable bonds is 1. The third kappa shape index (κ3) is 4.54. The second-order valence-electron chi connectivity index (χ2n) is 8.38. The van der Waals surface area contributed by atoms with Crippen LogP contribution in [0.4, 0.5) is 0 Å². The first-order chi connectivity index (χ1) is 9.75. The zero-order chi connectivity index (χ0) is 15.5. The molecule has 3 rings (SSSR count). The van der Waals surface area contributed by atoms with Gasteiger partial charge in [0.2, 0.25) is 5.91 Å². The largest absolute Gasteiger partial charge is 3.00 e. The Morgan fingerprint density at radius 1 is 1.20 bits per heavy atom. The van der Waals surface area contributed by atoms with E-state index in [2.05, 4.69) is 41.5 Å². The molecule has 3 fully saturated rings. The Kier molecular flexibility index (Phi) is 11.3. The van der Waals surface area contributed by atoms with Crippen LogP contribution in [0.3, 0.4) is 0 Å². The molecule has 1 saturated carbocycles. The van der Waals surface area contributed by atoms with E-state index in [1.54, 1.807) is 0 Å². The van der Waals surface area contributed by atoms with E-state index in [1.165, 1.54) is 12.8 Å². The standard InChI is InChI=1S/C18H30NO2.3ClH.Ti/c1-10(2)15-12(4)16(20)19-17(15)21-14-9-11(3)7-8-13(14)18(19,5)6;;;;/h10-15,17H,4,7-9H2,1-3,5-6H3;3*1H;/q;;;;+3/p-3/t11-,12-,13-,14-,15-,17+;;;;/m1..../s1. The number of ether oxygens (including phenoxy) is 1. The van der Waals surface area contributed by atoms with Gasteiger partial charge in [-0.05, 0) is 45.4 Å². The SMILES string of the molecule is [CH2][C@H]1C(=O)N2[C@@H](O[C@@H]3C[C@H](C)CC[C@H]3C2(C)C)[C@@H]1C(C)C.[Cl-].[Cl-].[Cl-].[Ti+3]. The molecule has 0 aromatic rings. The number of amides is 1. The number of nitrogens with zero attached hydrogens (tertiary/aromatic N) is 1. The molecule has 0 unspecified atom stereocenters. The summed E-state index contributed by atoms with van der Waals surface area (Å²) >= 11 is 0. The van der Waals surface area contributed by atoms with Crippen LogP contribution in [0.15, 0.2) is 0 Å². The van der Waals surface area contributed by atoms with E-state index in [-0.39, 0.29) is 88.4 Å². The molecule has 1 amide bonds. The van der Waals surface area contributed by atoms with Gasteiger partial charge in [0.25, 0.3) is 0 Å². The van der Waals surface area contributed by atoms with Gasteiger partial charge in [-0.1, -0.05) is 27.2 Å². The molecule has 2 aliphatic heterocycles. The van der Waals surface area contributed by atoms with Crippen molar-refractivity contribution in [2.75, 3.05) is 0 Å². The van der Waals surface area contributed by atoms with Crippen LogP contribution < -0.4 is 37.2 Å². The fourth-order valence-electron chi connectivity index (χ4n) is 5.04. The summed E-state index contributed by atoms with van der Waals surface area (Å²) in [6.45, 7) is 15.3. The van der Waals surface area contributed by atoms with Crippen molar-refractivity contribution in [1.29, 1.82) is 0 Å². The van der Waals surface area contributed by atoms with Crippen LogP contribution in [0.5, 0.6) is 0 Å². The third-order valence-corrected chi connectivity index (χ3v) is 6.27. The number of carbonyl (C=O) groups excluding carboxylic acids is 1. The van der Waals surface area contributed by atoms with Crippen molar-refractivity contribution in [3.8, 4) is 0 Å². The minimum atomic E-state index is -0.160. The Morgan fingerprint density at radius 2 is 1.76 bits per heavy atom. The summed E-state index contributed by atoms with van der Waals surface area (Å²) in [7, 11) is 0. The average molecular weight is 447 g/mol. The van der Waals surface area contributed by atoms with Crippen LogP contribution >= 0.6 is 0 Å². The number of fused-ring (bicyclic) bond motifs is 2. The first-order valence-corrected chi connectivity index (χ1v) is 8.56. The van der Waals surface area contributed by atoms with Gasteiger partial charge in [0.15, 0.2) is 0 Å². The van der Waals surface area contributed by atoms with E-state index in [1.807, 2.05) is 4.90 Å². The molecule has 2 radical (unpaired) electrons. The van der Waals surface area contributed by atoms with Gasteiger partial charge in [-0.3, -0.25) is 4.79 Å². The maximum absolute atomic E-state index is 12.8. The normalized spacial score (nSPS) is 38.4. The van der Waals surface area contributed by atoms with E-state index in [0.717, 1.165) is 12.3 Å². The maximum atomic E-state index is 12.8. The molecule has 25 heavy (non-hydrogen) atoms. The molecule has 1 aliphatic carbocycles. The van der Waals surface area contributed by atoms with Gasteiger partial charge in [0.05, 0.1) is 6.10 Å². The molecule has 7 heteroatoms. The van der Waals surface area contributed by atoms with Crippen LogP contribution in [0.2, 0.25) is 0 Å². The van der Waals surface area contributed by atoms with Crippen molar-refractivity contribution < 1.29 is 68.5 Å². The number of halogens is 3. The van der Waals surface area contributed by atoms with Crippen LogP contribution in [-0.2, 0) is 31.2 Å². The first-order valence-electron chi connectivity index (χ1n) is 8.56. The van der Waals surface area contributed by atoms with E-state index in [9.17, 15) is 4.79 Å². The van der Waals surface area contributed by atoms with Crippen molar-refractivity contribution in [3.63, 3.8) is 0 Å². The van der Waals surface area contributed by atoms with E-state index >= 15 is 0 Å². The Morgan fingerprint density at radius 3 is 2.28 bits per heavy atom. The monoisotopic (exact) mass is 445 g/mol. The summed E-state index contributed by atoms with van der Waals surface area (Å²) in [4.78, 5) is 14.8. The van der Waals surface area contributed by atoms with Crippen LogP contribution in [0.25, 0.3) is 0 Å². The molecule has 3 aliphatic rings. The molecule has 2 heterocycles. The maximum Gasteiger partial charge on any atom is 3.00 e. The summed E-state index contributed by atoms with van der Waals surface area (Å²) in [6.07, 6.45) is 3.80. The summed E-state index contributed by atoms with van der Waals surface area (Å²) in [6, 6.07) is 0. The molecule has 144 valence electrons. The van der Waals surface area contributed by atoms with E-state index in [0.29, 0.717) is 17.9 Å². The van der Waals surface area contributed by atoms with Gasteiger partial charge in [-0.25, -0.2) is 0 Å². The Bertz CT molecular complexity index is 450. The van der Waals surface area contributed by atoms with Gasteiger partial charge in [-0.15, -0.1) is 0 Å². The molecule has 0 spiro atoms. The second-order valence-corrected chi connectivity index (χ2v) is 8.38. The Balaban J connectivity index is 0. The van der Waals surface area contributed by atoms with Crippen molar-refractivity contribution >= 4 is 5.91 Å². The van der Waals surface area contributed by atoms with Crippen molar-refractivity contribution in [1.82, 2.24) is 4.90 Å². The number of hydrogen-bond donors (Lipinski definition) is 0. The third-order valence-electron chi connectivity index (χ3n) is 6.27. The van der Waals surface area contributed by atoms with Gasteiger partial charge in [-0.2, -0.15) is 0 Å². The van der Waals surface area contributed by atoms with Crippen LogP contribution in [-0.4, -0.2) is 28.7 Å². The minimum absolute atomic E-state index is 0. The number of carbonyl (C=O) groups is 1. The van der Waals surface area contributed by atoms with Gasteiger partial charge in [0.1, 0.15) is 6.23 Å². The van der Waals surface area contributed by atoms with Crippen LogP contribution in [0.1, 0.15) is 53.9 Å². The van der Waals surface area contributed by atoms with Crippen molar-refractivity contribution in [3.05, 3.63) is 6.92 Å². The molecule has 0 aromatic heterocycles. The molecule has 6 atom stereocenters. The van der Waals surface area contributed by atoms with Gasteiger partial charge < -0.3 is 46.9 Å². The predicted octanol–water partition coefficient (Wildman–Crippen LogP) is -5.50. The molecule has 2 saturated heterocycles.